The van der Waals surface area contributed by atoms with Gasteiger partial charge in [0, 0.05) is 12.6 Å². The number of nitrogens with two attached hydrogens (primary N) is 1. The first kappa shape index (κ1) is 13.2. The van der Waals surface area contributed by atoms with Crippen molar-refractivity contribution in [1.29, 1.82) is 0 Å². The highest BCUT2D eigenvalue weighted by atomic mass is 35.5. The van der Waals surface area contributed by atoms with Crippen molar-refractivity contribution >= 4 is 24.8 Å². The summed E-state index contributed by atoms with van der Waals surface area (Å²) >= 11 is 0. The van der Waals surface area contributed by atoms with Crippen LogP contribution in [0.4, 0.5) is 0 Å². The van der Waals surface area contributed by atoms with E-state index in [2.05, 4.69) is 10.2 Å². The lowest BCUT2D eigenvalue weighted by atomic mass is 10.7. The quantitative estimate of drug-likeness (QED) is 0.750. The number of H-pyrrole nitrogens is 1. The number of aromatic nitrogens is 2. The molecule has 0 atom stereocenters. The van der Waals surface area contributed by atoms with Crippen LogP contribution in [0.5, 0.6) is 5.88 Å². The number of hydrogen-bond acceptors (Lipinski definition) is 3. The second-order valence-electron chi connectivity index (χ2n) is 1.56. The summed E-state index contributed by atoms with van der Waals surface area (Å²) in [6.07, 6.45) is 1.63. The van der Waals surface area contributed by atoms with Crippen molar-refractivity contribution in [3.63, 3.8) is 0 Å². The molecule has 0 spiro atoms. The van der Waals surface area contributed by atoms with E-state index in [0.29, 0.717) is 19.0 Å². The molecule has 0 aromatic carbocycles. The molecule has 0 saturated carbocycles. The summed E-state index contributed by atoms with van der Waals surface area (Å²) in [5, 5.41) is 6.33. The van der Waals surface area contributed by atoms with E-state index < -0.39 is 0 Å². The van der Waals surface area contributed by atoms with Crippen molar-refractivity contribution in [3.05, 3.63) is 12.3 Å². The Bertz CT molecular complexity index is 157. The molecular weight excluding hydrogens is 189 g/mol. The highest BCUT2D eigenvalue weighted by molar-refractivity contribution is 5.85. The van der Waals surface area contributed by atoms with Crippen LogP contribution in [0, 0.1) is 0 Å². The Kier molecular flexibility index (Phi) is 9.16. The molecule has 0 radical (unpaired) electrons. The van der Waals surface area contributed by atoms with E-state index in [4.69, 9.17) is 10.5 Å². The van der Waals surface area contributed by atoms with E-state index in [1.807, 2.05) is 0 Å². The van der Waals surface area contributed by atoms with Gasteiger partial charge < -0.3 is 10.5 Å². The maximum atomic E-state index is 5.19. The summed E-state index contributed by atoms with van der Waals surface area (Å²) in [6, 6.07) is 1.75. The van der Waals surface area contributed by atoms with Crippen LogP contribution in [-0.4, -0.2) is 23.3 Å². The minimum atomic E-state index is 0. The maximum Gasteiger partial charge on any atom is 0.209 e. The average Bonchev–Trinajstić information content (AvgIpc) is 2.34. The molecule has 3 N–H and O–H groups in total. The minimum Gasteiger partial charge on any atom is -0.477 e. The third-order valence-corrected chi connectivity index (χ3v) is 0.851. The van der Waals surface area contributed by atoms with Crippen molar-refractivity contribution in [2.45, 2.75) is 0 Å². The number of halogens is 2. The van der Waals surface area contributed by atoms with Gasteiger partial charge in [-0.25, -0.2) is 5.10 Å². The lowest BCUT2D eigenvalue weighted by Crippen LogP contribution is -2.10. The summed E-state index contributed by atoms with van der Waals surface area (Å²) in [5.74, 6) is 0.667. The molecule has 1 aromatic rings. The van der Waals surface area contributed by atoms with Crippen LogP contribution >= 0.6 is 24.8 Å². The van der Waals surface area contributed by atoms with Crippen LogP contribution in [0.1, 0.15) is 0 Å². The smallest absolute Gasteiger partial charge is 0.209 e. The molecule has 11 heavy (non-hydrogen) atoms. The predicted octanol–water partition coefficient (Wildman–Crippen LogP) is 0.591. The largest absolute Gasteiger partial charge is 0.477 e. The number of rotatable bonds is 3. The molecule has 0 amide bonds. The summed E-state index contributed by atoms with van der Waals surface area (Å²) in [6.45, 7) is 1.06. The van der Waals surface area contributed by atoms with E-state index in [1.54, 1.807) is 12.3 Å². The van der Waals surface area contributed by atoms with Crippen LogP contribution in [0.15, 0.2) is 12.3 Å². The standard InChI is InChI=1S/C5H9N3O.2ClH/c6-2-4-9-5-1-3-7-8-5;;/h1,3H,2,4,6H2,(H,7,8);2*1H. The number of nitrogens with zero attached hydrogens (tertiary/aromatic N) is 1. The van der Waals surface area contributed by atoms with Gasteiger partial charge in [-0.05, 0) is 0 Å². The first-order chi connectivity index (χ1) is 4.43. The monoisotopic (exact) mass is 199 g/mol. The fourth-order valence-corrected chi connectivity index (χ4v) is 0.492. The molecule has 4 nitrogen and oxygen atoms in total. The van der Waals surface area contributed by atoms with Crippen LogP contribution in [0.25, 0.3) is 0 Å². The van der Waals surface area contributed by atoms with Crippen LogP contribution < -0.4 is 10.5 Å². The molecule has 0 saturated heterocycles. The number of ether oxygens (including phenoxy) is 1. The normalized spacial score (nSPS) is 7.73. The molecule has 1 rings (SSSR count). The topological polar surface area (TPSA) is 63.9 Å². The Morgan fingerprint density at radius 1 is 1.55 bits per heavy atom. The van der Waals surface area contributed by atoms with Gasteiger partial charge in [-0.15, -0.1) is 24.8 Å². The third-order valence-electron chi connectivity index (χ3n) is 0.851. The molecule has 6 heteroatoms. The molecule has 0 aliphatic rings. The van der Waals surface area contributed by atoms with E-state index in [-0.39, 0.29) is 24.8 Å². The van der Waals surface area contributed by atoms with E-state index >= 15 is 0 Å². The zero-order chi connectivity index (χ0) is 6.53. The summed E-state index contributed by atoms with van der Waals surface area (Å²) in [4.78, 5) is 0. The summed E-state index contributed by atoms with van der Waals surface area (Å²) in [7, 11) is 0. The molecule has 0 fully saturated rings. The lowest BCUT2D eigenvalue weighted by Gasteiger charge is -1.97. The second kappa shape index (κ2) is 7.65. The Morgan fingerprint density at radius 3 is 2.73 bits per heavy atom. The fourth-order valence-electron chi connectivity index (χ4n) is 0.492. The molecule has 0 unspecified atom stereocenters. The van der Waals surface area contributed by atoms with Crippen LogP contribution in [0.2, 0.25) is 0 Å². The summed E-state index contributed by atoms with van der Waals surface area (Å²) in [5.41, 5.74) is 5.19. The van der Waals surface area contributed by atoms with Gasteiger partial charge >= 0.3 is 0 Å². The number of aromatic amines is 1. The molecule has 66 valence electrons. The van der Waals surface area contributed by atoms with Gasteiger partial charge in [0.25, 0.3) is 0 Å². The summed E-state index contributed by atoms with van der Waals surface area (Å²) < 4.78 is 5.05. The first-order valence-electron chi connectivity index (χ1n) is 2.75. The Balaban J connectivity index is 0. The minimum absolute atomic E-state index is 0. The molecular formula is C5H11Cl2N3O. The van der Waals surface area contributed by atoms with Crippen LogP contribution in [0.3, 0.4) is 0 Å². The third kappa shape index (κ3) is 4.89. The molecule has 0 aliphatic heterocycles. The van der Waals surface area contributed by atoms with Crippen molar-refractivity contribution in [2.24, 2.45) is 5.73 Å². The van der Waals surface area contributed by atoms with E-state index in [9.17, 15) is 0 Å². The fraction of sp³-hybridized carbons (Fsp3) is 0.400. The Hall–Kier alpha value is -0.450. The number of hydrogen-bond donors (Lipinski definition) is 2. The van der Waals surface area contributed by atoms with Gasteiger partial charge in [-0.2, -0.15) is 5.10 Å². The highest BCUT2D eigenvalue weighted by Crippen LogP contribution is 1.99. The predicted molar refractivity (Wildman–Crippen MR) is 47.6 cm³/mol. The molecule has 0 bridgehead atoms. The Morgan fingerprint density at radius 2 is 2.27 bits per heavy atom. The van der Waals surface area contributed by atoms with Gasteiger partial charge in [0.15, 0.2) is 0 Å². The Labute approximate surface area is 77.3 Å². The van der Waals surface area contributed by atoms with Gasteiger partial charge in [0.1, 0.15) is 6.61 Å². The van der Waals surface area contributed by atoms with Gasteiger partial charge in [-0.3, -0.25) is 0 Å². The highest BCUT2D eigenvalue weighted by Gasteiger charge is 1.88. The average molecular weight is 200 g/mol. The van der Waals surface area contributed by atoms with Crippen molar-refractivity contribution in [1.82, 2.24) is 10.2 Å². The zero-order valence-electron chi connectivity index (χ0n) is 5.82. The van der Waals surface area contributed by atoms with Gasteiger partial charge in [0.05, 0.1) is 6.20 Å². The van der Waals surface area contributed by atoms with Crippen molar-refractivity contribution < 1.29 is 4.74 Å². The van der Waals surface area contributed by atoms with Crippen molar-refractivity contribution in [3.8, 4) is 5.88 Å². The molecule has 1 heterocycles. The van der Waals surface area contributed by atoms with Gasteiger partial charge in [0.2, 0.25) is 5.88 Å². The van der Waals surface area contributed by atoms with Gasteiger partial charge in [-0.1, -0.05) is 0 Å². The van der Waals surface area contributed by atoms with E-state index in [0.717, 1.165) is 0 Å². The van der Waals surface area contributed by atoms with E-state index in [1.165, 1.54) is 0 Å². The SMILES string of the molecule is Cl.Cl.NCCOc1ccn[nH]1. The maximum absolute atomic E-state index is 5.19. The number of nitrogens with one attached hydrogen (secondary N) is 1. The molecule has 0 aliphatic carbocycles. The van der Waals surface area contributed by atoms with Crippen molar-refractivity contribution in [2.75, 3.05) is 13.2 Å². The zero-order valence-corrected chi connectivity index (χ0v) is 7.45. The molecule has 1 aromatic heterocycles. The lowest BCUT2D eigenvalue weighted by molar-refractivity contribution is 0.315. The first-order valence-corrected chi connectivity index (χ1v) is 2.75. The second-order valence-corrected chi connectivity index (χ2v) is 1.56. The van der Waals surface area contributed by atoms with Crippen LogP contribution in [-0.2, 0) is 0 Å².